The molecule has 1 saturated heterocycles. The lowest BCUT2D eigenvalue weighted by Gasteiger charge is -2.34. The molecule has 21 heavy (non-hydrogen) atoms. The van der Waals surface area contributed by atoms with Crippen molar-refractivity contribution in [2.75, 3.05) is 26.2 Å². The Hall–Kier alpha value is -1.06. The Morgan fingerprint density at radius 1 is 1.24 bits per heavy atom. The fraction of sp³-hybridized carbons (Fsp3) is 0.588. The van der Waals surface area contributed by atoms with Crippen molar-refractivity contribution in [3.8, 4) is 5.75 Å². The van der Waals surface area contributed by atoms with Gasteiger partial charge in [-0.25, -0.2) is 0 Å². The molecule has 2 unspecified atom stereocenters. The van der Waals surface area contributed by atoms with Gasteiger partial charge in [-0.05, 0) is 60.5 Å². The highest BCUT2D eigenvalue weighted by Gasteiger charge is 2.20. The minimum Gasteiger partial charge on any atom is -0.494 e. The van der Waals surface area contributed by atoms with Crippen molar-refractivity contribution < 1.29 is 9.53 Å². The third-order valence-electron chi connectivity index (χ3n) is 3.91. The smallest absolute Gasteiger partial charge is 0.252 e. The molecule has 4 heteroatoms. The third-order valence-corrected chi connectivity index (χ3v) is 4.13. The van der Waals surface area contributed by atoms with Crippen molar-refractivity contribution in [3.63, 3.8) is 0 Å². The summed E-state index contributed by atoms with van der Waals surface area (Å²) in [6.07, 6.45) is 2.37. The van der Waals surface area contributed by atoms with Gasteiger partial charge in [-0.15, -0.1) is 0 Å². The van der Waals surface area contributed by atoms with Gasteiger partial charge >= 0.3 is 0 Å². The Balaban J connectivity index is 1.68. The van der Waals surface area contributed by atoms with Gasteiger partial charge in [0.1, 0.15) is 5.75 Å². The molecule has 1 fully saturated rings. The van der Waals surface area contributed by atoms with Crippen molar-refractivity contribution in [2.24, 2.45) is 11.8 Å². The summed E-state index contributed by atoms with van der Waals surface area (Å²) in [5.41, 5.74) is 0.500. The molecule has 0 radical (unpaired) electrons. The Morgan fingerprint density at radius 2 is 1.86 bits per heavy atom. The Kier molecular flexibility index (Phi) is 6.07. The summed E-state index contributed by atoms with van der Waals surface area (Å²) in [5, 5.41) is -0.435. The zero-order valence-electron chi connectivity index (χ0n) is 12.8. The lowest BCUT2D eigenvalue weighted by molar-refractivity contribution is 0.108. The van der Waals surface area contributed by atoms with Crippen LogP contribution in [0.15, 0.2) is 24.3 Å². The Morgan fingerprint density at radius 3 is 2.43 bits per heavy atom. The highest BCUT2D eigenvalue weighted by Crippen LogP contribution is 2.21. The highest BCUT2D eigenvalue weighted by molar-refractivity contribution is 6.67. The van der Waals surface area contributed by atoms with Crippen LogP contribution in [0.3, 0.4) is 0 Å². The molecule has 0 saturated carbocycles. The SMILES string of the molecule is CC1CC(C)CN(CCCOc2ccc(C(=O)Cl)cc2)C1. The normalized spacial score (nSPS) is 23.0. The van der Waals surface area contributed by atoms with E-state index in [4.69, 9.17) is 16.3 Å². The van der Waals surface area contributed by atoms with E-state index in [1.165, 1.54) is 19.5 Å². The third kappa shape index (κ3) is 5.33. The largest absolute Gasteiger partial charge is 0.494 e. The highest BCUT2D eigenvalue weighted by atomic mass is 35.5. The first-order valence-electron chi connectivity index (χ1n) is 7.69. The number of benzene rings is 1. The van der Waals surface area contributed by atoms with E-state index in [0.29, 0.717) is 12.2 Å². The Labute approximate surface area is 132 Å². The molecule has 2 atom stereocenters. The van der Waals surface area contributed by atoms with Crippen LogP contribution in [-0.4, -0.2) is 36.4 Å². The predicted molar refractivity (Wildman–Crippen MR) is 86.1 cm³/mol. The first kappa shape index (κ1) is 16.3. The molecular formula is C17H24ClNO2. The standard InChI is InChI=1S/C17H24ClNO2/c1-13-10-14(2)12-19(11-13)8-3-9-21-16-6-4-15(5-7-16)17(18)20/h4-7,13-14H,3,8-12H2,1-2H3. The number of carbonyl (C=O) groups excluding carboxylic acids is 1. The molecular weight excluding hydrogens is 286 g/mol. The van der Waals surface area contributed by atoms with Gasteiger partial charge in [0.25, 0.3) is 5.24 Å². The zero-order chi connectivity index (χ0) is 15.2. The van der Waals surface area contributed by atoms with E-state index >= 15 is 0 Å². The van der Waals surface area contributed by atoms with Crippen LogP contribution in [0.5, 0.6) is 5.75 Å². The molecule has 1 aliphatic heterocycles. The molecule has 0 N–H and O–H groups in total. The van der Waals surface area contributed by atoms with Crippen LogP contribution >= 0.6 is 11.6 Å². The van der Waals surface area contributed by atoms with Gasteiger partial charge in [0.2, 0.25) is 0 Å². The molecule has 0 aliphatic carbocycles. The van der Waals surface area contributed by atoms with Gasteiger partial charge in [0, 0.05) is 25.2 Å². The number of halogens is 1. The minimum absolute atomic E-state index is 0.435. The van der Waals surface area contributed by atoms with E-state index in [1.807, 2.05) is 0 Å². The van der Waals surface area contributed by atoms with Crippen LogP contribution in [-0.2, 0) is 0 Å². The van der Waals surface area contributed by atoms with E-state index < -0.39 is 5.24 Å². The molecule has 1 aromatic carbocycles. The maximum atomic E-state index is 11.0. The van der Waals surface area contributed by atoms with Crippen LogP contribution in [0.25, 0.3) is 0 Å². The second-order valence-electron chi connectivity index (χ2n) is 6.21. The first-order valence-corrected chi connectivity index (χ1v) is 8.07. The second kappa shape index (κ2) is 7.81. The van der Waals surface area contributed by atoms with E-state index in [9.17, 15) is 4.79 Å². The molecule has 0 spiro atoms. The maximum Gasteiger partial charge on any atom is 0.252 e. The van der Waals surface area contributed by atoms with Gasteiger partial charge in [-0.2, -0.15) is 0 Å². The average molecular weight is 310 g/mol. The van der Waals surface area contributed by atoms with Crippen molar-refractivity contribution >= 4 is 16.8 Å². The summed E-state index contributed by atoms with van der Waals surface area (Å²) < 4.78 is 5.70. The number of likely N-dealkylation sites (tertiary alicyclic amines) is 1. The van der Waals surface area contributed by atoms with E-state index in [2.05, 4.69) is 18.7 Å². The van der Waals surface area contributed by atoms with Gasteiger partial charge in [-0.1, -0.05) is 13.8 Å². The first-order chi connectivity index (χ1) is 10.0. The molecule has 1 aromatic rings. The zero-order valence-corrected chi connectivity index (χ0v) is 13.6. The van der Waals surface area contributed by atoms with Crippen LogP contribution in [0, 0.1) is 11.8 Å². The van der Waals surface area contributed by atoms with Crippen molar-refractivity contribution in [2.45, 2.75) is 26.7 Å². The van der Waals surface area contributed by atoms with E-state index in [1.54, 1.807) is 24.3 Å². The number of hydrogen-bond donors (Lipinski definition) is 0. The number of hydrogen-bond acceptors (Lipinski definition) is 3. The summed E-state index contributed by atoms with van der Waals surface area (Å²) >= 11 is 5.41. The van der Waals surface area contributed by atoms with Crippen molar-refractivity contribution in [1.29, 1.82) is 0 Å². The summed E-state index contributed by atoms with van der Waals surface area (Å²) in [6, 6.07) is 6.97. The van der Waals surface area contributed by atoms with Crippen LogP contribution in [0.2, 0.25) is 0 Å². The number of ether oxygens (including phenoxy) is 1. The lowest BCUT2D eigenvalue weighted by Crippen LogP contribution is -2.39. The summed E-state index contributed by atoms with van der Waals surface area (Å²) in [4.78, 5) is 13.5. The summed E-state index contributed by atoms with van der Waals surface area (Å²) in [6.45, 7) is 8.87. The molecule has 2 rings (SSSR count). The number of carbonyl (C=O) groups is 1. The van der Waals surface area contributed by atoms with Crippen molar-refractivity contribution in [3.05, 3.63) is 29.8 Å². The van der Waals surface area contributed by atoms with E-state index in [0.717, 1.165) is 30.6 Å². The number of piperidine rings is 1. The molecule has 0 amide bonds. The molecule has 1 aliphatic rings. The number of nitrogens with zero attached hydrogens (tertiary/aromatic N) is 1. The fourth-order valence-corrected chi connectivity index (χ4v) is 3.26. The molecule has 1 heterocycles. The second-order valence-corrected chi connectivity index (χ2v) is 6.55. The van der Waals surface area contributed by atoms with Gasteiger partial charge < -0.3 is 9.64 Å². The Bertz CT molecular complexity index is 450. The predicted octanol–water partition coefficient (Wildman–Crippen LogP) is 3.81. The van der Waals surface area contributed by atoms with Gasteiger partial charge in [0.05, 0.1) is 6.61 Å². The van der Waals surface area contributed by atoms with Crippen LogP contribution in [0.4, 0.5) is 0 Å². The number of rotatable bonds is 6. The summed E-state index contributed by atoms with van der Waals surface area (Å²) in [7, 11) is 0. The van der Waals surface area contributed by atoms with Crippen LogP contribution in [0.1, 0.15) is 37.0 Å². The minimum atomic E-state index is -0.435. The summed E-state index contributed by atoms with van der Waals surface area (Å²) in [5.74, 6) is 2.39. The average Bonchev–Trinajstić information content (AvgIpc) is 2.43. The molecule has 116 valence electrons. The maximum absolute atomic E-state index is 11.0. The topological polar surface area (TPSA) is 29.5 Å². The van der Waals surface area contributed by atoms with Gasteiger partial charge in [-0.3, -0.25) is 4.79 Å². The lowest BCUT2D eigenvalue weighted by atomic mass is 9.92. The van der Waals surface area contributed by atoms with E-state index in [-0.39, 0.29) is 0 Å². The van der Waals surface area contributed by atoms with Crippen LogP contribution < -0.4 is 4.74 Å². The van der Waals surface area contributed by atoms with Gasteiger partial charge in [0.15, 0.2) is 0 Å². The molecule has 3 nitrogen and oxygen atoms in total. The fourth-order valence-electron chi connectivity index (χ4n) is 3.13. The quantitative estimate of drug-likeness (QED) is 0.591. The molecule has 0 aromatic heterocycles. The monoisotopic (exact) mass is 309 g/mol. The van der Waals surface area contributed by atoms with Crippen molar-refractivity contribution in [1.82, 2.24) is 4.90 Å². The molecule has 0 bridgehead atoms.